The van der Waals surface area contributed by atoms with Crippen LogP contribution in [0, 0.1) is 0 Å². The summed E-state index contributed by atoms with van der Waals surface area (Å²) in [5.74, 6) is -0.272. The van der Waals surface area contributed by atoms with Gasteiger partial charge >= 0.3 is 0 Å². The van der Waals surface area contributed by atoms with Crippen LogP contribution in [0.25, 0.3) is 11.0 Å². The van der Waals surface area contributed by atoms with Crippen molar-refractivity contribution >= 4 is 16.8 Å². The lowest BCUT2D eigenvalue weighted by atomic mass is 10.00. The minimum Gasteiger partial charge on any atom is -0.505 e. The molecule has 0 saturated heterocycles. The maximum absolute atomic E-state index is 11.5. The number of aromatic hydroxyl groups is 1. The van der Waals surface area contributed by atoms with Crippen LogP contribution in [0.1, 0.15) is 29.8 Å². The third kappa shape index (κ3) is 1.50. The number of hydrogen-bond donors (Lipinski definition) is 1. The number of ketones is 1. The van der Waals surface area contributed by atoms with Crippen molar-refractivity contribution in [1.29, 1.82) is 0 Å². The van der Waals surface area contributed by atoms with Gasteiger partial charge in [0.05, 0.1) is 5.56 Å². The number of carbonyl (C=O) groups excluding carboxylic acids is 1. The summed E-state index contributed by atoms with van der Waals surface area (Å²) < 4.78 is 0. The monoisotopic (exact) mass is 217 g/mol. The zero-order chi connectivity index (χ0) is 11.7. The molecule has 1 N–H and O–H groups in total. The molecule has 5 nitrogen and oxygen atoms in total. The second-order valence-corrected chi connectivity index (χ2v) is 3.50. The maximum Gasteiger partial charge on any atom is 0.163 e. The fourth-order valence-electron chi connectivity index (χ4n) is 1.74. The lowest BCUT2D eigenvalue weighted by molar-refractivity contribution is 0.101. The fourth-order valence-corrected chi connectivity index (χ4v) is 1.74. The smallest absolute Gasteiger partial charge is 0.163 e. The number of aromatic nitrogens is 3. The van der Waals surface area contributed by atoms with Crippen LogP contribution >= 0.6 is 0 Å². The molecule has 0 bridgehead atoms. The normalized spacial score (nSPS) is 10.6. The van der Waals surface area contributed by atoms with Gasteiger partial charge in [0.1, 0.15) is 17.4 Å². The summed E-state index contributed by atoms with van der Waals surface area (Å²) in [5.41, 5.74) is 1.91. The zero-order valence-electron chi connectivity index (χ0n) is 9.06. The Hall–Kier alpha value is -2.04. The molecule has 2 rings (SSSR count). The van der Waals surface area contributed by atoms with Crippen LogP contribution in [-0.2, 0) is 6.42 Å². The molecule has 82 valence electrons. The number of phenols is 1. The van der Waals surface area contributed by atoms with Gasteiger partial charge in [-0.3, -0.25) is 4.79 Å². The average molecular weight is 217 g/mol. The van der Waals surface area contributed by atoms with E-state index >= 15 is 0 Å². The van der Waals surface area contributed by atoms with Crippen molar-refractivity contribution in [2.24, 2.45) is 0 Å². The second-order valence-electron chi connectivity index (χ2n) is 3.50. The molecule has 5 heteroatoms. The Balaban J connectivity index is 2.87. The quantitative estimate of drug-likeness (QED) is 0.771. The Bertz CT molecular complexity index is 566. The lowest BCUT2D eigenvalue weighted by Gasteiger charge is -2.08. The first-order valence-corrected chi connectivity index (χ1v) is 4.98. The van der Waals surface area contributed by atoms with Crippen molar-refractivity contribution in [3.63, 3.8) is 0 Å². The van der Waals surface area contributed by atoms with Crippen LogP contribution in [0.2, 0.25) is 0 Å². The van der Waals surface area contributed by atoms with Gasteiger partial charge in [0, 0.05) is 0 Å². The number of fused-ring (bicyclic) bond motifs is 1. The fraction of sp³-hybridized carbons (Fsp3) is 0.273. The predicted molar refractivity (Wildman–Crippen MR) is 58.4 cm³/mol. The van der Waals surface area contributed by atoms with E-state index < -0.39 is 0 Å². The number of hydrogen-bond acceptors (Lipinski definition) is 5. The topological polar surface area (TPSA) is 76.0 Å². The highest BCUT2D eigenvalue weighted by molar-refractivity contribution is 6.03. The van der Waals surface area contributed by atoms with E-state index in [-0.39, 0.29) is 11.5 Å². The summed E-state index contributed by atoms with van der Waals surface area (Å²) in [5, 5.41) is 17.5. The van der Waals surface area contributed by atoms with Crippen LogP contribution in [0.15, 0.2) is 12.4 Å². The number of aryl methyl sites for hydroxylation is 1. The van der Waals surface area contributed by atoms with Crippen LogP contribution in [0.4, 0.5) is 0 Å². The van der Waals surface area contributed by atoms with Gasteiger partial charge in [-0.2, -0.15) is 0 Å². The molecular formula is C11H11N3O2. The van der Waals surface area contributed by atoms with E-state index in [2.05, 4.69) is 15.2 Å². The highest BCUT2D eigenvalue weighted by atomic mass is 16.3. The molecule has 0 atom stereocenters. The SMILES string of the molecule is CCc1cc2nncnc2c(O)c1C(C)=O. The Labute approximate surface area is 92.2 Å². The van der Waals surface area contributed by atoms with E-state index in [1.165, 1.54) is 13.3 Å². The van der Waals surface area contributed by atoms with Crippen LogP contribution in [0.3, 0.4) is 0 Å². The average Bonchev–Trinajstić information content (AvgIpc) is 2.28. The summed E-state index contributed by atoms with van der Waals surface area (Å²) in [6.07, 6.45) is 1.90. The number of Topliss-reactive ketones (excluding diaryl/α,β-unsaturated/α-hetero) is 1. The Morgan fingerprint density at radius 3 is 2.88 bits per heavy atom. The molecule has 0 spiro atoms. The maximum atomic E-state index is 11.5. The molecule has 0 amide bonds. The summed E-state index contributed by atoms with van der Waals surface area (Å²) in [6.45, 7) is 3.34. The van der Waals surface area contributed by atoms with E-state index in [4.69, 9.17) is 0 Å². The van der Waals surface area contributed by atoms with Gasteiger partial charge in [-0.15, -0.1) is 10.2 Å². The molecule has 0 aliphatic rings. The van der Waals surface area contributed by atoms with Crippen molar-refractivity contribution < 1.29 is 9.90 Å². The van der Waals surface area contributed by atoms with Gasteiger partial charge in [-0.25, -0.2) is 4.98 Å². The van der Waals surface area contributed by atoms with Crippen molar-refractivity contribution in [3.8, 4) is 5.75 Å². The minimum atomic E-state index is -0.171. The number of nitrogens with zero attached hydrogens (tertiary/aromatic N) is 3. The first kappa shape index (κ1) is 10.5. The van der Waals surface area contributed by atoms with Crippen molar-refractivity contribution in [2.45, 2.75) is 20.3 Å². The largest absolute Gasteiger partial charge is 0.505 e. The van der Waals surface area contributed by atoms with E-state index in [9.17, 15) is 9.90 Å². The number of rotatable bonds is 2. The second kappa shape index (κ2) is 3.84. The number of carbonyl (C=O) groups is 1. The molecule has 0 saturated carbocycles. The lowest BCUT2D eigenvalue weighted by Crippen LogP contribution is -2.02. The molecule has 0 fully saturated rings. The molecule has 1 aromatic heterocycles. The Morgan fingerprint density at radius 1 is 1.50 bits per heavy atom. The van der Waals surface area contributed by atoms with Crippen molar-refractivity contribution in [2.75, 3.05) is 0 Å². The molecule has 16 heavy (non-hydrogen) atoms. The molecule has 2 aromatic rings. The van der Waals surface area contributed by atoms with Crippen LogP contribution in [-0.4, -0.2) is 26.1 Å². The molecule has 0 aliphatic carbocycles. The highest BCUT2D eigenvalue weighted by Crippen LogP contribution is 2.29. The molecule has 0 aliphatic heterocycles. The van der Waals surface area contributed by atoms with Gasteiger partial charge < -0.3 is 5.11 Å². The Morgan fingerprint density at radius 2 is 2.25 bits per heavy atom. The molecule has 0 unspecified atom stereocenters. The van der Waals surface area contributed by atoms with E-state index in [1.54, 1.807) is 6.07 Å². The first-order valence-electron chi connectivity index (χ1n) is 4.98. The van der Waals surface area contributed by atoms with Gasteiger partial charge in [0.15, 0.2) is 11.5 Å². The summed E-state index contributed by atoms with van der Waals surface area (Å²) >= 11 is 0. The standard InChI is InChI=1S/C11H11N3O2/c1-3-7-4-8-10(12-5-13-14-8)11(16)9(7)6(2)15/h4-5,16H,3H2,1-2H3. The van der Waals surface area contributed by atoms with Crippen molar-refractivity contribution in [3.05, 3.63) is 23.5 Å². The zero-order valence-corrected chi connectivity index (χ0v) is 9.06. The third-order valence-electron chi connectivity index (χ3n) is 2.47. The molecule has 0 radical (unpaired) electrons. The predicted octanol–water partition coefficient (Wildman–Crippen LogP) is 1.50. The summed E-state index contributed by atoms with van der Waals surface area (Å²) in [6, 6.07) is 1.74. The van der Waals surface area contributed by atoms with Gasteiger partial charge in [0.25, 0.3) is 0 Å². The van der Waals surface area contributed by atoms with E-state index in [1.807, 2.05) is 6.92 Å². The third-order valence-corrected chi connectivity index (χ3v) is 2.47. The van der Waals surface area contributed by atoms with Gasteiger partial charge in [-0.05, 0) is 25.0 Å². The summed E-state index contributed by atoms with van der Waals surface area (Å²) in [7, 11) is 0. The van der Waals surface area contributed by atoms with Crippen molar-refractivity contribution in [1.82, 2.24) is 15.2 Å². The highest BCUT2D eigenvalue weighted by Gasteiger charge is 2.16. The molecule has 1 aromatic carbocycles. The van der Waals surface area contributed by atoms with E-state index in [0.717, 1.165) is 5.56 Å². The number of phenolic OH excluding ortho intramolecular Hbond substituents is 1. The number of benzene rings is 1. The van der Waals surface area contributed by atoms with Gasteiger partial charge in [-0.1, -0.05) is 6.92 Å². The molecular weight excluding hydrogens is 206 g/mol. The van der Waals surface area contributed by atoms with Crippen LogP contribution in [0.5, 0.6) is 5.75 Å². The van der Waals surface area contributed by atoms with Crippen LogP contribution < -0.4 is 0 Å². The van der Waals surface area contributed by atoms with E-state index in [0.29, 0.717) is 23.0 Å². The minimum absolute atomic E-state index is 0.100. The Kier molecular flexibility index (Phi) is 2.52. The molecule has 1 heterocycles. The van der Waals surface area contributed by atoms with Gasteiger partial charge in [0.2, 0.25) is 0 Å². The summed E-state index contributed by atoms with van der Waals surface area (Å²) in [4.78, 5) is 15.4. The first-order chi connectivity index (χ1) is 7.65.